The monoisotopic (exact) mass is 515 g/mol. The van der Waals surface area contributed by atoms with E-state index in [-0.39, 0.29) is 24.8 Å². The molecule has 1 aliphatic heterocycles. The highest BCUT2D eigenvalue weighted by molar-refractivity contribution is 5.94. The van der Waals surface area contributed by atoms with Crippen LogP contribution >= 0.6 is 0 Å². The number of hydrogen-bond donors (Lipinski definition) is 2. The summed E-state index contributed by atoms with van der Waals surface area (Å²) in [5, 5.41) is 13.3. The van der Waals surface area contributed by atoms with Crippen molar-refractivity contribution in [3.8, 4) is 11.8 Å². The van der Waals surface area contributed by atoms with Crippen molar-refractivity contribution in [1.82, 2.24) is 19.9 Å². The number of nitrogens with one attached hydrogen (secondary N) is 1. The maximum absolute atomic E-state index is 13.5. The summed E-state index contributed by atoms with van der Waals surface area (Å²) in [6.07, 6.45) is 3.27. The van der Waals surface area contributed by atoms with E-state index in [0.29, 0.717) is 30.6 Å². The summed E-state index contributed by atoms with van der Waals surface area (Å²) in [7, 11) is 0. The molecule has 192 valence electrons. The zero-order chi connectivity index (χ0) is 26.6. The lowest BCUT2D eigenvalue weighted by Crippen LogP contribution is -2.33. The van der Waals surface area contributed by atoms with Crippen LogP contribution in [0.4, 0.5) is 14.6 Å². The molecule has 8 nitrogen and oxygen atoms in total. The van der Waals surface area contributed by atoms with Gasteiger partial charge in [-0.1, -0.05) is 17.9 Å². The lowest BCUT2D eigenvalue weighted by molar-refractivity contribution is 0.0956. The van der Waals surface area contributed by atoms with E-state index in [9.17, 15) is 23.5 Å². The minimum Gasteiger partial charge on any atom is -0.391 e. The predicted octanol–water partition coefficient (Wildman–Crippen LogP) is 2.47. The van der Waals surface area contributed by atoms with Gasteiger partial charge < -0.3 is 19.9 Å². The molecular formula is C28H23F2N5O3. The summed E-state index contributed by atoms with van der Waals surface area (Å²) < 4.78 is 27.9. The first-order chi connectivity index (χ1) is 18.4. The third-order valence-electron chi connectivity index (χ3n) is 6.25. The number of aromatic nitrogens is 3. The van der Waals surface area contributed by atoms with Gasteiger partial charge in [-0.2, -0.15) is 0 Å². The predicted molar refractivity (Wildman–Crippen MR) is 138 cm³/mol. The van der Waals surface area contributed by atoms with E-state index in [2.05, 4.69) is 27.1 Å². The average Bonchev–Trinajstić information content (AvgIpc) is 3.35. The number of aliphatic hydroxyl groups excluding tert-OH is 1. The highest BCUT2D eigenvalue weighted by Gasteiger charge is 2.23. The van der Waals surface area contributed by atoms with Gasteiger partial charge in [0.15, 0.2) is 11.6 Å². The van der Waals surface area contributed by atoms with Crippen LogP contribution < -0.4 is 15.8 Å². The molecule has 2 aromatic carbocycles. The Morgan fingerprint density at radius 2 is 2.00 bits per heavy atom. The van der Waals surface area contributed by atoms with Crippen LogP contribution in [0.3, 0.4) is 0 Å². The maximum atomic E-state index is 13.5. The Labute approximate surface area is 216 Å². The van der Waals surface area contributed by atoms with Gasteiger partial charge in [-0.25, -0.2) is 18.7 Å². The molecule has 1 aliphatic rings. The van der Waals surface area contributed by atoms with E-state index in [1.807, 2.05) is 23.1 Å². The number of nitrogens with zero attached hydrogens (tertiary/aromatic N) is 4. The van der Waals surface area contributed by atoms with Crippen molar-refractivity contribution in [3.05, 3.63) is 99.7 Å². The number of carbonyl (C=O) groups is 1. The standard InChI is InChI=1S/C28H23F2N5O3/c29-23-7-5-19(14-24(23)30)15-35-11-2-4-21(28(35)38)27(37)31-10-1-3-18-6-8-25-22(13-18)26(33-17-32-25)34-12-9-20(36)16-34/h2,4-8,11,13-14,17,20,36H,9-10,12,15-16H2,(H,31,37). The number of aliphatic hydroxyl groups is 1. The van der Waals surface area contributed by atoms with Gasteiger partial charge in [0.1, 0.15) is 17.7 Å². The molecule has 0 saturated carbocycles. The molecule has 1 atom stereocenters. The van der Waals surface area contributed by atoms with Crippen molar-refractivity contribution in [2.24, 2.45) is 0 Å². The third kappa shape index (κ3) is 5.38. The Balaban J connectivity index is 1.27. The summed E-state index contributed by atoms with van der Waals surface area (Å²) in [5.74, 6) is 4.06. The normalized spacial score (nSPS) is 14.8. The number of carbonyl (C=O) groups excluding carboxylic acids is 1. The Hall–Kier alpha value is -4.62. The molecule has 1 fully saturated rings. The van der Waals surface area contributed by atoms with Gasteiger partial charge in [0.25, 0.3) is 11.5 Å². The Morgan fingerprint density at radius 3 is 2.79 bits per heavy atom. The Morgan fingerprint density at radius 1 is 1.13 bits per heavy atom. The Kier molecular flexibility index (Phi) is 7.11. The van der Waals surface area contributed by atoms with Crippen LogP contribution in [-0.4, -0.2) is 51.3 Å². The lowest BCUT2D eigenvalue weighted by Gasteiger charge is -2.18. The van der Waals surface area contributed by atoms with Crippen molar-refractivity contribution in [1.29, 1.82) is 0 Å². The molecule has 0 bridgehead atoms. The van der Waals surface area contributed by atoms with Gasteiger partial charge in [0.05, 0.1) is 24.7 Å². The van der Waals surface area contributed by atoms with Crippen molar-refractivity contribution in [2.45, 2.75) is 19.1 Å². The first-order valence-corrected chi connectivity index (χ1v) is 12.0. The summed E-state index contributed by atoms with van der Waals surface area (Å²) in [5.41, 5.74) is 1.21. The molecule has 2 aromatic heterocycles. The highest BCUT2D eigenvalue weighted by atomic mass is 19.2. The number of amides is 1. The average molecular weight is 516 g/mol. The molecule has 1 amide bonds. The molecule has 1 saturated heterocycles. The molecule has 38 heavy (non-hydrogen) atoms. The van der Waals surface area contributed by atoms with E-state index in [1.165, 1.54) is 35.3 Å². The second-order valence-electron chi connectivity index (χ2n) is 8.91. The van der Waals surface area contributed by atoms with Crippen LogP contribution in [0.1, 0.15) is 27.9 Å². The van der Waals surface area contributed by atoms with Gasteiger partial charge in [-0.3, -0.25) is 9.59 Å². The minimum atomic E-state index is -1.01. The molecule has 0 radical (unpaired) electrons. The van der Waals surface area contributed by atoms with Crippen molar-refractivity contribution in [3.63, 3.8) is 0 Å². The second kappa shape index (κ2) is 10.8. The number of hydrogen-bond acceptors (Lipinski definition) is 6. The molecule has 1 unspecified atom stereocenters. The molecule has 10 heteroatoms. The third-order valence-corrected chi connectivity index (χ3v) is 6.25. The van der Waals surface area contributed by atoms with Crippen LogP contribution in [0.15, 0.2) is 65.8 Å². The number of β-amino-alcohol motifs (C(OH)–C–C–N with tert-alkyl or cyclic N) is 1. The number of anilines is 1. The number of pyridine rings is 1. The maximum Gasteiger partial charge on any atom is 0.263 e. The summed E-state index contributed by atoms with van der Waals surface area (Å²) >= 11 is 0. The fourth-order valence-corrected chi connectivity index (χ4v) is 4.34. The van der Waals surface area contributed by atoms with Gasteiger partial charge >= 0.3 is 0 Å². The van der Waals surface area contributed by atoms with Crippen LogP contribution in [0, 0.1) is 23.5 Å². The fourth-order valence-electron chi connectivity index (χ4n) is 4.34. The van der Waals surface area contributed by atoms with Crippen LogP contribution in [0.25, 0.3) is 10.9 Å². The smallest absolute Gasteiger partial charge is 0.263 e. The molecule has 0 spiro atoms. The zero-order valence-corrected chi connectivity index (χ0v) is 20.2. The topological polar surface area (TPSA) is 100 Å². The molecule has 4 aromatic rings. The number of benzene rings is 2. The Bertz CT molecular complexity index is 1640. The van der Waals surface area contributed by atoms with Crippen molar-refractivity contribution >= 4 is 22.6 Å². The number of halogens is 2. The molecular weight excluding hydrogens is 492 g/mol. The van der Waals surface area contributed by atoms with Gasteiger partial charge in [-0.15, -0.1) is 0 Å². The van der Waals surface area contributed by atoms with Gasteiger partial charge in [-0.05, 0) is 54.4 Å². The van der Waals surface area contributed by atoms with E-state index >= 15 is 0 Å². The van der Waals surface area contributed by atoms with E-state index in [0.717, 1.165) is 28.9 Å². The summed E-state index contributed by atoms with van der Waals surface area (Å²) in [6.45, 7) is 1.21. The molecule has 5 rings (SSSR count). The van der Waals surface area contributed by atoms with E-state index < -0.39 is 23.1 Å². The first kappa shape index (κ1) is 25.0. The quantitative estimate of drug-likeness (QED) is 0.396. The van der Waals surface area contributed by atoms with Crippen molar-refractivity contribution < 1.29 is 18.7 Å². The zero-order valence-electron chi connectivity index (χ0n) is 20.2. The lowest BCUT2D eigenvalue weighted by atomic mass is 10.1. The SMILES string of the molecule is O=C(NCC#Cc1ccc2ncnc(N3CCC(O)C3)c2c1)c1cccn(Cc2ccc(F)c(F)c2)c1=O. The second-order valence-corrected chi connectivity index (χ2v) is 8.91. The van der Waals surface area contributed by atoms with Crippen LogP contribution in [0.5, 0.6) is 0 Å². The molecule has 2 N–H and O–H groups in total. The summed E-state index contributed by atoms with van der Waals surface area (Å²) in [4.78, 5) is 36.1. The highest BCUT2D eigenvalue weighted by Crippen LogP contribution is 2.26. The van der Waals surface area contributed by atoms with E-state index in [4.69, 9.17) is 0 Å². The first-order valence-electron chi connectivity index (χ1n) is 12.0. The summed E-state index contributed by atoms with van der Waals surface area (Å²) in [6, 6.07) is 11.9. The van der Waals surface area contributed by atoms with Crippen LogP contribution in [-0.2, 0) is 6.54 Å². The molecule has 3 heterocycles. The number of rotatable bonds is 5. The number of fused-ring (bicyclic) bond motifs is 1. The fraction of sp³-hybridized carbons (Fsp3) is 0.214. The molecule has 0 aliphatic carbocycles. The van der Waals surface area contributed by atoms with Gasteiger partial charge in [0.2, 0.25) is 0 Å². The van der Waals surface area contributed by atoms with Crippen LogP contribution in [0.2, 0.25) is 0 Å². The minimum absolute atomic E-state index is 0.00480. The van der Waals surface area contributed by atoms with Crippen molar-refractivity contribution in [2.75, 3.05) is 24.5 Å². The van der Waals surface area contributed by atoms with Gasteiger partial charge in [0, 0.05) is 30.2 Å². The van der Waals surface area contributed by atoms with E-state index in [1.54, 1.807) is 0 Å². The largest absolute Gasteiger partial charge is 0.391 e.